The number of anilines is 2. The third kappa shape index (κ3) is 7.60. The lowest BCUT2D eigenvalue weighted by atomic mass is 10.0. The Morgan fingerprint density at radius 1 is 0.878 bits per heavy atom. The normalized spacial score (nSPS) is 11.9. The molecule has 2 heterocycles. The Balaban J connectivity index is 0.000000247. The number of aromatic nitrogens is 2. The van der Waals surface area contributed by atoms with Crippen LogP contribution in [0.3, 0.4) is 0 Å². The molecule has 0 aliphatic heterocycles. The summed E-state index contributed by atoms with van der Waals surface area (Å²) in [4.78, 5) is 43.8. The van der Waals surface area contributed by atoms with Crippen LogP contribution in [-0.4, -0.2) is 44.6 Å². The maximum atomic E-state index is 12.8. The number of rotatable bonds is 6. The molecule has 1 atom stereocenters. The summed E-state index contributed by atoms with van der Waals surface area (Å²) < 4.78 is 15.7. The quantitative estimate of drug-likeness (QED) is 0.217. The highest BCUT2D eigenvalue weighted by atomic mass is 16.6. The van der Waals surface area contributed by atoms with E-state index in [1.54, 1.807) is 39.0 Å². The van der Waals surface area contributed by atoms with E-state index in [2.05, 4.69) is 15.3 Å². The van der Waals surface area contributed by atoms with E-state index < -0.39 is 29.5 Å². The Morgan fingerprint density at radius 3 is 1.95 bits per heavy atom. The monoisotopic (exact) mass is 559 g/mol. The largest absolute Gasteiger partial charge is 0.478 e. The Morgan fingerprint density at radius 2 is 1.41 bits per heavy atom. The smallest absolute Gasteiger partial charge is 0.335 e. The summed E-state index contributed by atoms with van der Waals surface area (Å²) in [5.41, 5.74) is 13.5. The van der Waals surface area contributed by atoms with Crippen LogP contribution in [0, 0.1) is 0 Å². The van der Waals surface area contributed by atoms with Crippen LogP contribution in [0.2, 0.25) is 0 Å². The number of hydrogen-bond acceptors (Lipinski definition) is 10. The lowest BCUT2D eigenvalue weighted by Gasteiger charge is -2.24. The van der Waals surface area contributed by atoms with Crippen LogP contribution in [0.5, 0.6) is 0 Å². The molecule has 0 saturated carbocycles. The number of nitrogen functional groups attached to an aromatic ring is 2. The molecule has 12 nitrogen and oxygen atoms in total. The number of fused-ring (bicyclic) bond motifs is 2. The maximum absolute atomic E-state index is 12.8. The minimum atomic E-state index is -0.997. The van der Waals surface area contributed by atoms with Crippen LogP contribution in [-0.2, 0) is 16.0 Å². The van der Waals surface area contributed by atoms with E-state index >= 15 is 0 Å². The molecular formula is C29H29N5O7. The van der Waals surface area contributed by atoms with Crippen molar-refractivity contribution >= 4 is 52.1 Å². The second-order valence-corrected chi connectivity index (χ2v) is 10.0. The van der Waals surface area contributed by atoms with E-state index in [4.69, 9.17) is 30.1 Å². The van der Waals surface area contributed by atoms with Gasteiger partial charge in [0.25, 0.3) is 17.9 Å². The minimum absolute atomic E-state index is 0.0308. The predicted octanol–water partition coefficient (Wildman–Crippen LogP) is 4.20. The number of carbonyl (C=O) groups excluding carboxylic acids is 2. The standard InChI is InChI=1S/C21H23N3O4.C8H6N2O3/c1-21(2,3)28-19(26)16(11-13-7-5-4-6-8-13)23-18(25)14-9-10-17-15(12-14)24-20(22)27-17;9-8-10-5-3-4(7(11)12)1-2-6(5)13-8/h4-10,12,16H,11H2,1-3H3,(H2,22,24)(H,23,25);1-3H,(H2,9,10)(H,11,12)/t16-;/m0./s1. The number of nitrogens with one attached hydrogen (secondary N) is 1. The van der Waals surface area contributed by atoms with Gasteiger partial charge in [-0.05, 0) is 62.7 Å². The Labute approximate surface area is 234 Å². The number of carboxylic acid groups (broad SMARTS) is 1. The third-order valence-corrected chi connectivity index (χ3v) is 5.60. The summed E-state index contributed by atoms with van der Waals surface area (Å²) in [7, 11) is 0. The van der Waals surface area contributed by atoms with E-state index in [-0.39, 0.29) is 17.6 Å². The van der Waals surface area contributed by atoms with Gasteiger partial charge in [-0.15, -0.1) is 0 Å². The van der Waals surface area contributed by atoms with Gasteiger partial charge in [0.05, 0.1) is 5.56 Å². The van der Waals surface area contributed by atoms with Crippen molar-refractivity contribution in [3.63, 3.8) is 0 Å². The van der Waals surface area contributed by atoms with Crippen LogP contribution < -0.4 is 16.8 Å². The molecule has 2 aromatic heterocycles. The van der Waals surface area contributed by atoms with Crippen molar-refractivity contribution in [3.8, 4) is 0 Å². The molecule has 0 aliphatic carbocycles. The fraction of sp³-hybridized carbons (Fsp3) is 0.207. The lowest BCUT2D eigenvalue weighted by molar-refractivity contribution is -0.157. The van der Waals surface area contributed by atoms with E-state index in [1.807, 2.05) is 30.3 Å². The second-order valence-electron chi connectivity index (χ2n) is 10.0. The van der Waals surface area contributed by atoms with Crippen LogP contribution in [0.4, 0.5) is 12.0 Å². The van der Waals surface area contributed by atoms with Crippen molar-refractivity contribution < 1.29 is 33.1 Å². The van der Waals surface area contributed by atoms with E-state index in [0.717, 1.165) is 5.56 Å². The van der Waals surface area contributed by atoms with Gasteiger partial charge in [-0.2, -0.15) is 9.97 Å². The fourth-order valence-electron chi connectivity index (χ4n) is 3.82. The number of nitrogens with two attached hydrogens (primary N) is 2. The first-order valence-corrected chi connectivity index (χ1v) is 12.5. The molecule has 41 heavy (non-hydrogen) atoms. The molecular weight excluding hydrogens is 530 g/mol. The third-order valence-electron chi connectivity index (χ3n) is 5.60. The van der Waals surface area contributed by atoms with Crippen LogP contribution in [0.15, 0.2) is 75.6 Å². The van der Waals surface area contributed by atoms with Gasteiger partial charge in [-0.1, -0.05) is 30.3 Å². The van der Waals surface area contributed by atoms with Gasteiger partial charge in [-0.25, -0.2) is 9.59 Å². The number of nitrogens with zero attached hydrogens (tertiary/aromatic N) is 2. The zero-order chi connectivity index (χ0) is 29.7. The predicted molar refractivity (Wildman–Crippen MR) is 151 cm³/mol. The number of ether oxygens (including phenoxy) is 1. The Kier molecular flexibility index (Phi) is 8.22. The number of carbonyl (C=O) groups is 3. The molecule has 5 rings (SSSR count). The summed E-state index contributed by atoms with van der Waals surface area (Å²) in [6.07, 6.45) is 0.320. The summed E-state index contributed by atoms with van der Waals surface area (Å²) in [6, 6.07) is 17.9. The average molecular weight is 560 g/mol. The van der Waals surface area contributed by atoms with Gasteiger partial charge in [0.2, 0.25) is 0 Å². The number of amides is 1. The van der Waals surface area contributed by atoms with Crippen LogP contribution in [0.1, 0.15) is 47.1 Å². The topological polar surface area (TPSA) is 197 Å². The molecule has 3 aromatic carbocycles. The van der Waals surface area contributed by atoms with Crippen molar-refractivity contribution in [2.24, 2.45) is 0 Å². The first kappa shape index (κ1) is 28.6. The molecule has 1 amide bonds. The van der Waals surface area contributed by atoms with Gasteiger partial charge in [0.1, 0.15) is 22.7 Å². The van der Waals surface area contributed by atoms with Crippen molar-refractivity contribution in [2.75, 3.05) is 11.5 Å². The summed E-state index contributed by atoms with van der Waals surface area (Å²) in [5, 5.41) is 11.4. The van der Waals surface area contributed by atoms with Crippen molar-refractivity contribution in [1.82, 2.24) is 15.3 Å². The van der Waals surface area contributed by atoms with E-state index in [0.29, 0.717) is 34.2 Å². The minimum Gasteiger partial charge on any atom is -0.478 e. The van der Waals surface area contributed by atoms with E-state index in [9.17, 15) is 14.4 Å². The van der Waals surface area contributed by atoms with Crippen LogP contribution in [0.25, 0.3) is 22.2 Å². The zero-order valence-electron chi connectivity index (χ0n) is 22.6. The number of oxazole rings is 2. The van der Waals surface area contributed by atoms with Crippen molar-refractivity contribution in [1.29, 1.82) is 0 Å². The number of aromatic carboxylic acids is 1. The van der Waals surface area contributed by atoms with Gasteiger partial charge < -0.3 is 35.5 Å². The molecule has 0 radical (unpaired) electrons. The van der Waals surface area contributed by atoms with Crippen LogP contribution >= 0.6 is 0 Å². The highest BCUT2D eigenvalue weighted by Gasteiger charge is 2.27. The SMILES string of the molecule is CC(C)(C)OC(=O)[C@H](Cc1ccccc1)NC(=O)c1ccc2oc(N)nc2c1.Nc1nc2cc(C(=O)O)ccc2o1. The average Bonchev–Trinajstić information content (AvgIpc) is 3.47. The summed E-state index contributed by atoms with van der Waals surface area (Å²) in [6.45, 7) is 5.36. The summed E-state index contributed by atoms with van der Waals surface area (Å²) >= 11 is 0. The number of carboxylic acids is 1. The molecule has 0 aliphatic rings. The molecule has 6 N–H and O–H groups in total. The first-order chi connectivity index (χ1) is 19.4. The van der Waals surface area contributed by atoms with E-state index in [1.165, 1.54) is 18.2 Å². The maximum Gasteiger partial charge on any atom is 0.335 e. The highest BCUT2D eigenvalue weighted by Crippen LogP contribution is 2.20. The molecule has 0 saturated heterocycles. The molecule has 212 valence electrons. The second kappa shape index (κ2) is 11.8. The van der Waals surface area contributed by atoms with Gasteiger partial charge in [0, 0.05) is 12.0 Å². The van der Waals surface area contributed by atoms with Crippen molar-refractivity contribution in [2.45, 2.75) is 38.8 Å². The highest BCUT2D eigenvalue weighted by molar-refractivity contribution is 5.99. The number of hydrogen-bond donors (Lipinski definition) is 4. The van der Waals surface area contributed by atoms with Gasteiger partial charge >= 0.3 is 11.9 Å². The first-order valence-electron chi connectivity index (χ1n) is 12.5. The van der Waals surface area contributed by atoms with Gasteiger partial charge in [0.15, 0.2) is 11.2 Å². The molecule has 0 bridgehead atoms. The number of benzene rings is 3. The zero-order valence-corrected chi connectivity index (χ0v) is 22.6. The summed E-state index contributed by atoms with van der Waals surface area (Å²) in [5.74, 6) is -1.89. The number of esters is 1. The Bertz CT molecular complexity index is 1700. The molecule has 0 spiro atoms. The molecule has 12 heteroatoms. The Hall–Kier alpha value is -5.39. The fourth-order valence-corrected chi connectivity index (χ4v) is 3.82. The van der Waals surface area contributed by atoms with Gasteiger partial charge in [-0.3, -0.25) is 4.79 Å². The van der Waals surface area contributed by atoms with Crippen molar-refractivity contribution in [3.05, 3.63) is 83.4 Å². The molecule has 0 fully saturated rings. The lowest BCUT2D eigenvalue weighted by Crippen LogP contribution is -2.45. The molecule has 0 unspecified atom stereocenters. The molecule has 5 aromatic rings.